The van der Waals surface area contributed by atoms with Crippen LogP contribution in [0.3, 0.4) is 0 Å². The van der Waals surface area contributed by atoms with Gasteiger partial charge in [-0.3, -0.25) is 0 Å². The normalized spacial score (nSPS) is 51.6. The van der Waals surface area contributed by atoms with Crippen LogP contribution in [0.25, 0.3) is 0 Å². The second-order valence-electron chi connectivity index (χ2n) is 9.06. The first kappa shape index (κ1) is 25.1. The van der Waals surface area contributed by atoms with Crippen LogP contribution in [0.1, 0.15) is 26.2 Å². The second kappa shape index (κ2) is 10.2. The topological polar surface area (TPSA) is 208 Å². The Balaban J connectivity index is 1.68. The predicted octanol–water partition coefficient (Wildman–Crippen LogP) is -3.94. The van der Waals surface area contributed by atoms with Crippen molar-refractivity contribution in [2.75, 3.05) is 20.2 Å². The van der Waals surface area contributed by atoms with Gasteiger partial charge >= 0.3 is 0 Å². The van der Waals surface area contributed by atoms with Crippen molar-refractivity contribution in [2.45, 2.75) is 99.1 Å². The van der Waals surface area contributed by atoms with Crippen LogP contribution in [0, 0.1) is 0 Å². The van der Waals surface area contributed by atoms with Crippen LogP contribution >= 0.6 is 0 Å². The molecule has 11 N–H and O–H groups in total. The minimum Gasteiger partial charge on any atom is -0.390 e. The molecule has 0 spiro atoms. The minimum absolute atomic E-state index is 0.0880. The van der Waals surface area contributed by atoms with E-state index in [9.17, 15) is 20.4 Å². The highest BCUT2D eigenvalue weighted by atomic mass is 16.7. The van der Waals surface area contributed by atoms with Crippen molar-refractivity contribution < 1.29 is 39.4 Å². The Hall–Kier alpha value is -0.480. The van der Waals surface area contributed by atoms with Gasteiger partial charge in [0.2, 0.25) is 0 Å². The van der Waals surface area contributed by atoms with Gasteiger partial charge in [0.05, 0.1) is 30.9 Å². The third-order valence-electron chi connectivity index (χ3n) is 6.47. The molecular weight excluding hydrogens is 412 g/mol. The van der Waals surface area contributed by atoms with E-state index in [2.05, 4.69) is 5.32 Å². The number of ether oxygens (including phenoxy) is 4. The van der Waals surface area contributed by atoms with Gasteiger partial charge in [0, 0.05) is 12.6 Å². The lowest BCUT2D eigenvalue weighted by Gasteiger charge is -2.48. The molecule has 1 saturated carbocycles. The van der Waals surface area contributed by atoms with Crippen LogP contribution in [-0.4, -0.2) is 114 Å². The molecule has 0 unspecified atom stereocenters. The Morgan fingerprint density at radius 2 is 1.71 bits per heavy atom. The molecule has 0 aromatic carbocycles. The van der Waals surface area contributed by atoms with E-state index in [-0.39, 0.29) is 19.1 Å². The summed E-state index contributed by atoms with van der Waals surface area (Å²) in [5, 5.41) is 45.3. The molecule has 182 valence electrons. The first-order valence-corrected chi connectivity index (χ1v) is 10.8. The molecule has 12 heteroatoms. The van der Waals surface area contributed by atoms with Crippen molar-refractivity contribution in [3.63, 3.8) is 0 Å². The third-order valence-corrected chi connectivity index (χ3v) is 6.47. The van der Waals surface area contributed by atoms with Crippen molar-refractivity contribution in [3.05, 3.63) is 0 Å². The van der Waals surface area contributed by atoms with Gasteiger partial charge in [0.25, 0.3) is 0 Å². The molecule has 0 aromatic rings. The van der Waals surface area contributed by atoms with Gasteiger partial charge < -0.3 is 61.9 Å². The molecule has 31 heavy (non-hydrogen) atoms. The lowest BCUT2D eigenvalue weighted by molar-refractivity contribution is -0.316. The molecule has 0 bridgehead atoms. The van der Waals surface area contributed by atoms with Crippen LogP contribution in [0.15, 0.2) is 0 Å². The average Bonchev–Trinajstić information content (AvgIpc) is 2.71. The molecule has 2 aliphatic heterocycles. The van der Waals surface area contributed by atoms with Crippen LogP contribution in [0.4, 0.5) is 0 Å². The summed E-state index contributed by atoms with van der Waals surface area (Å²) in [6.45, 7) is 1.75. The van der Waals surface area contributed by atoms with Gasteiger partial charge in [-0.15, -0.1) is 0 Å². The third kappa shape index (κ3) is 5.37. The number of nitrogens with one attached hydrogen (secondary N) is 1. The van der Waals surface area contributed by atoms with Crippen molar-refractivity contribution in [3.8, 4) is 0 Å². The fourth-order valence-electron chi connectivity index (χ4n) is 4.62. The first-order valence-electron chi connectivity index (χ1n) is 10.8. The highest BCUT2D eigenvalue weighted by molar-refractivity contribution is 5.00. The maximum Gasteiger partial charge on any atom is 0.185 e. The number of rotatable bonds is 6. The minimum atomic E-state index is -1.33. The zero-order valence-corrected chi connectivity index (χ0v) is 18.0. The van der Waals surface area contributed by atoms with Gasteiger partial charge in [-0.05, 0) is 33.2 Å². The maximum absolute atomic E-state index is 10.9. The zero-order valence-electron chi connectivity index (χ0n) is 18.0. The molecule has 3 aliphatic rings. The van der Waals surface area contributed by atoms with Gasteiger partial charge in [-0.25, -0.2) is 0 Å². The van der Waals surface area contributed by atoms with Crippen molar-refractivity contribution in [1.29, 1.82) is 0 Å². The maximum atomic E-state index is 10.9. The summed E-state index contributed by atoms with van der Waals surface area (Å²) >= 11 is 0. The van der Waals surface area contributed by atoms with Crippen LogP contribution in [0.2, 0.25) is 0 Å². The number of nitrogens with two attached hydrogens (primary N) is 3. The standard InChI is InChI=1S/C19H38N4O8/c1-19(27)7-28-18(13(26)16(19)23-2)31-15-11(24)5-10(22)14(12(15)25)30-17-9(21)4-3-8(6-20)29-17/h8-18,23-27H,3-7,20-22H2,1-2H3/t8-,9+,10+,11+,12-,13+,14+,15-,16+,17-,18-,19+/m0/s1. The largest absolute Gasteiger partial charge is 0.390 e. The Labute approximate surface area is 181 Å². The molecule has 1 aliphatic carbocycles. The molecule has 3 rings (SSSR count). The Kier molecular flexibility index (Phi) is 8.27. The molecule has 2 saturated heterocycles. The molecule has 3 fully saturated rings. The van der Waals surface area contributed by atoms with Gasteiger partial charge in [-0.2, -0.15) is 0 Å². The Morgan fingerprint density at radius 3 is 2.35 bits per heavy atom. The monoisotopic (exact) mass is 450 g/mol. The van der Waals surface area contributed by atoms with E-state index in [1.54, 1.807) is 7.05 Å². The van der Waals surface area contributed by atoms with E-state index < -0.39 is 66.8 Å². The van der Waals surface area contributed by atoms with E-state index in [0.29, 0.717) is 19.4 Å². The number of aliphatic hydroxyl groups excluding tert-OH is 3. The lowest BCUT2D eigenvalue weighted by atomic mass is 9.85. The van der Waals surface area contributed by atoms with Crippen molar-refractivity contribution in [2.24, 2.45) is 17.2 Å². The van der Waals surface area contributed by atoms with E-state index in [1.165, 1.54) is 6.92 Å². The summed E-state index contributed by atoms with van der Waals surface area (Å²) in [5.74, 6) is 0. The van der Waals surface area contributed by atoms with Gasteiger partial charge in [0.1, 0.15) is 30.0 Å². The second-order valence-corrected chi connectivity index (χ2v) is 9.06. The smallest absolute Gasteiger partial charge is 0.185 e. The summed E-state index contributed by atoms with van der Waals surface area (Å²) in [5.41, 5.74) is 16.6. The summed E-state index contributed by atoms with van der Waals surface area (Å²) < 4.78 is 23.0. The summed E-state index contributed by atoms with van der Waals surface area (Å²) in [6, 6.07) is -1.84. The molecule has 0 aromatic heterocycles. The van der Waals surface area contributed by atoms with Crippen molar-refractivity contribution >= 4 is 0 Å². The molecule has 0 radical (unpaired) electrons. The quantitative estimate of drug-likeness (QED) is 0.195. The highest BCUT2D eigenvalue weighted by Crippen LogP contribution is 2.31. The van der Waals surface area contributed by atoms with E-state index >= 15 is 0 Å². The van der Waals surface area contributed by atoms with Crippen molar-refractivity contribution in [1.82, 2.24) is 5.32 Å². The van der Waals surface area contributed by atoms with E-state index in [1.807, 2.05) is 0 Å². The van der Waals surface area contributed by atoms with Crippen LogP contribution in [-0.2, 0) is 18.9 Å². The summed E-state index contributed by atoms with van der Waals surface area (Å²) in [4.78, 5) is 0. The Bertz CT molecular complexity index is 587. The average molecular weight is 451 g/mol. The highest BCUT2D eigenvalue weighted by Gasteiger charge is 2.51. The Morgan fingerprint density at radius 1 is 1.03 bits per heavy atom. The first-order chi connectivity index (χ1) is 14.6. The van der Waals surface area contributed by atoms with E-state index in [4.69, 9.17) is 36.1 Å². The lowest BCUT2D eigenvalue weighted by Crippen LogP contribution is -2.67. The fourth-order valence-corrected chi connectivity index (χ4v) is 4.62. The molecule has 0 amide bonds. The van der Waals surface area contributed by atoms with Crippen LogP contribution < -0.4 is 22.5 Å². The number of likely N-dealkylation sites (N-methyl/N-ethyl adjacent to an activating group) is 1. The van der Waals surface area contributed by atoms with Gasteiger partial charge in [0.15, 0.2) is 12.6 Å². The number of hydrogen-bond donors (Lipinski definition) is 8. The number of aliphatic hydroxyl groups is 4. The zero-order chi connectivity index (χ0) is 22.9. The summed E-state index contributed by atoms with van der Waals surface area (Å²) in [7, 11) is 1.60. The number of hydrogen-bond acceptors (Lipinski definition) is 12. The summed E-state index contributed by atoms with van der Waals surface area (Å²) in [6.07, 6.45) is -6.49. The predicted molar refractivity (Wildman–Crippen MR) is 108 cm³/mol. The van der Waals surface area contributed by atoms with Gasteiger partial charge in [-0.1, -0.05) is 0 Å². The van der Waals surface area contributed by atoms with Crippen LogP contribution in [0.5, 0.6) is 0 Å². The molecule has 12 atom stereocenters. The van der Waals surface area contributed by atoms with E-state index in [0.717, 1.165) is 0 Å². The molecule has 2 heterocycles. The SMILES string of the molecule is CN[C@@H]1[C@@H](O)[C@H](O[C@@H]2[C@@H](O)[C@H](O[C@@H]3O[C@H](CN)CC[C@H]3N)[C@H](N)C[C@H]2O)OC[C@@]1(C)O. The molecule has 12 nitrogen and oxygen atoms in total. The fraction of sp³-hybridized carbons (Fsp3) is 1.00. The molecular formula is C19H38N4O8.